The van der Waals surface area contributed by atoms with Crippen molar-refractivity contribution < 1.29 is 23.3 Å². The minimum Gasteiger partial charge on any atom is -0.414 e. The van der Waals surface area contributed by atoms with Crippen LogP contribution in [0.25, 0.3) is 55.4 Å². The van der Waals surface area contributed by atoms with Gasteiger partial charge >= 0.3 is 7.12 Å². The van der Waals surface area contributed by atoms with Gasteiger partial charge in [-0.05, 0) is 291 Å². The van der Waals surface area contributed by atoms with Crippen LogP contribution in [0.1, 0.15) is 218 Å². The molecule has 120 heavy (non-hydrogen) atoms. The van der Waals surface area contributed by atoms with E-state index >= 15 is 0 Å². The van der Waals surface area contributed by atoms with Gasteiger partial charge in [-0.25, -0.2) is 29.9 Å². The number of hydrogen-bond acceptors (Lipinski definition) is 17. The van der Waals surface area contributed by atoms with E-state index in [1.807, 2.05) is 39.4 Å². The quantitative estimate of drug-likeness (QED) is 0.0906. The van der Waals surface area contributed by atoms with Gasteiger partial charge in [-0.3, -0.25) is 14.7 Å². The Bertz CT molecular complexity index is 4790. The zero-order valence-electron chi connectivity index (χ0n) is 76.8. The Morgan fingerprint density at radius 2 is 0.750 bits per heavy atom. The molecule has 0 spiro atoms. The zero-order valence-corrected chi connectivity index (χ0v) is 80.4. The van der Waals surface area contributed by atoms with E-state index in [1.165, 1.54) is 97.5 Å². The van der Waals surface area contributed by atoms with E-state index in [4.69, 9.17) is 28.1 Å². The van der Waals surface area contributed by atoms with Gasteiger partial charge in [0, 0.05) is 153 Å². The van der Waals surface area contributed by atoms with Gasteiger partial charge in [0.05, 0.1) is 22.7 Å². The molecule has 3 aromatic carbocycles. The number of likely N-dealkylation sites (N-methyl/N-ethyl adjacent to an activating group) is 3. The Morgan fingerprint density at radius 3 is 1.10 bits per heavy atom. The Kier molecular flexibility index (Phi) is 30.0. The van der Waals surface area contributed by atoms with E-state index in [0.717, 1.165) is 196 Å². The standard InChI is InChI=1S/C32H49N5OSi.C26H35N5O.C19H31BN2O2.C19H30BrN3OSi/c1-24-33-21-29-30(26-11-9-25(10-12-26)22-36-18-8-17-35(5)19-20-36)23-37(31(29)34-24)27-13-15-28(16-14-27)38-39(6,7)32(2,3)4;1-19-27-16-24-25(18-31(26(24)28-19)22-8-10-23(32)11-9-22)21-6-4-20(5-7-21)17-30-13-3-12-29(2)14-15-30;1-18(2)19(3,4)24-20(23-18)17-9-7-16(8-10-17)15-22-12-6-11-21(5)13-14-22;1-13-21-11-16-17(20)12-23(18(16)22-13)14-7-9-15(10-8-14)24-25(5,6)19(2,3)4/h9-12,21,23,27-28H,8,13-20,22H2,1-7H3;4-7,16,18,22-23,32H,3,8-15,17H2,1-2H3;7-10H,6,11-15H2,1-5H3;11-12,14-15H,7-10H2,1-6H3. The largest absolute Gasteiger partial charge is 0.494 e. The summed E-state index contributed by atoms with van der Waals surface area (Å²) in [5.74, 6) is 2.47. The van der Waals surface area contributed by atoms with Gasteiger partial charge in [-0.1, -0.05) is 114 Å². The lowest BCUT2D eigenvalue weighted by Crippen LogP contribution is -2.44. The molecule has 9 aromatic rings. The first kappa shape index (κ1) is 91.7. The molecule has 0 amide bonds. The second kappa shape index (κ2) is 39.3. The summed E-state index contributed by atoms with van der Waals surface area (Å²) < 4.78 is 33.9. The van der Waals surface area contributed by atoms with E-state index in [9.17, 15) is 5.11 Å². The molecule has 16 rings (SSSR count). The topological polar surface area (TPSA) is 169 Å². The number of aromatic nitrogens is 9. The first-order valence-electron chi connectivity index (χ1n) is 45.5. The maximum Gasteiger partial charge on any atom is 0.494 e. The molecule has 7 aliphatic rings. The van der Waals surface area contributed by atoms with Crippen molar-refractivity contribution in [1.82, 2.24) is 73.0 Å². The van der Waals surface area contributed by atoms with Crippen molar-refractivity contribution >= 4 is 78.2 Å². The van der Waals surface area contributed by atoms with E-state index in [0.29, 0.717) is 30.3 Å². The number of fused-ring (bicyclic) bond motifs is 3. The van der Waals surface area contributed by atoms with Crippen molar-refractivity contribution in [2.75, 3.05) is 99.7 Å². The van der Waals surface area contributed by atoms with Crippen LogP contribution in [0.15, 0.2) is 114 Å². The highest BCUT2D eigenvalue weighted by Gasteiger charge is 2.52. The smallest absolute Gasteiger partial charge is 0.414 e. The normalized spacial score (nSPS) is 23.2. The van der Waals surface area contributed by atoms with E-state index < -0.39 is 16.6 Å². The molecule has 0 unspecified atom stereocenters. The van der Waals surface area contributed by atoms with Crippen molar-refractivity contribution in [3.8, 4) is 22.3 Å². The zero-order chi connectivity index (χ0) is 85.6. The first-order valence-corrected chi connectivity index (χ1v) is 52.1. The van der Waals surface area contributed by atoms with Gasteiger partial charge < -0.3 is 51.7 Å². The van der Waals surface area contributed by atoms with Crippen molar-refractivity contribution in [2.24, 2.45) is 0 Å². The molecule has 0 atom stereocenters. The van der Waals surface area contributed by atoms with Crippen LogP contribution in [0.3, 0.4) is 0 Å². The summed E-state index contributed by atoms with van der Waals surface area (Å²) in [5, 5.41) is 13.9. The van der Waals surface area contributed by atoms with Crippen LogP contribution < -0.4 is 5.46 Å². The molecule has 10 heterocycles. The van der Waals surface area contributed by atoms with Gasteiger partial charge in [0.2, 0.25) is 0 Å². The number of nitrogens with zero attached hydrogens (tertiary/aromatic N) is 15. The van der Waals surface area contributed by atoms with Crippen LogP contribution in [0.2, 0.25) is 36.3 Å². The van der Waals surface area contributed by atoms with Crippen molar-refractivity contribution in [2.45, 2.75) is 290 Å². The molecule has 0 radical (unpaired) electrons. The van der Waals surface area contributed by atoms with Gasteiger partial charge in [0.25, 0.3) is 0 Å². The highest BCUT2D eigenvalue weighted by atomic mass is 79.9. The number of aliphatic hydroxyl groups is 1. The average molecular weight is 1740 g/mol. The monoisotopic (exact) mass is 1730 g/mol. The number of benzene rings is 3. The Balaban J connectivity index is 0.000000141. The fourth-order valence-electron chi connectivity index (χ4n) is 17.9. The molecular weight excluding hydrogens is 1590 g/mol. The first-order chi connectivity index (χ1) is 56.9. The van der Waals surface area contributed by atoms with E-state index in [2.05, 4.69) is 287 Å². The predicted molar refractivity (Wildman–Crippen MR) is 502 cm³/mol. The average Bonchev–Trinajstić information content (AvgIpc) is 1.59. The molecule has 3 aliphatic carbocycles. The molecule has 4 aliphatic heterocycles. The molecule has 652 valence electrons. The number of rotatable bonds is 16. The number of aliphatic hydroxyl groups excluding tert-OH is 1. The van der Waals surface area contributed by atoms with Crippen molar-refractivity contribution in [1.29, 1.82) is 0 Å². The second-order valence-corrected chi connectivity index (χ2v) is 50.7. The SMILES string of the molecule is CN1CCCN(Cc2ccc(B3OC(C)(C)C(C)(C)O3)cc2)CC1.Cc1ncc2c(-c3ccc(CN4CCCN(C)CC4)cc3)cn(C3CCC(O)CC3)c2n1.Cc1ncc2c(-c3ccc(CN4CCCN(C)CC4)cc3)cn(C3CCC(O[Si](C)(C)C(C)(C)C)CC3)c2n1.Cc1ncc2c(Br)cn(C3CCC(O[Si](C)(C)C(C)(C)C)CC3)c2n1. The molecule has 6 aromatic heterocycles. The third-order valence-corrected chi connectivity index (χ3v) is 38.1. The predicted octanol–water partition coefficient (Wildman–Crippen LogP) is 19.2. The van der Waals surface area contributed by atoms with E-state index in [1.54, 1.807) is 0 Å². The lowest BCUT2D eigenvalue weighted by atomic mass is 9.79. The number of aryl methyl sites for hydroxylation is 3. The summed E-state index contributed by atoms with van der Waals surface area (Å²) in [5.41, 5.74) is 12.7. The number of halogens is 1. The third kappa shape index (κ3) is 23.0. The molecule has 0 bridgehead atoms. The highest BCUT2D eigenvalue weighted by Crippen LogP contribution is 2.45. The van der Waals surface area contributed by atoms with Crippen molar-refractivity contribution in [3.05, 3.63) is 149 Å². The van der Waals surface area contributed by atoms with Gasteiger partial charge in [0.15, 0.2) is 16.6 Å². The van der Waals surface area contributed by atoms with Crippen LogP contribution in [-0.2, 0) is 37.8 Å². The molecule has 3 saturated carbocycles. The summed E-state index contributed by atoms with van der Waals surface area (Å²) in [7, 11) is 2.97. The maximum atomic E-state index is 9.95. The van der Waals surface area contributed by atoms with Gasteiger partial charge in [-0.15, -0.1) is 0 Å². The van der Waals surface area contributed by atoms with Crippen LogP contribution in [-0.4, -0.2) is 231 Å². The van der Waals surface area contributed by atoms with Gasteiger partial charge in [-0.2, -0.15) is 0 Å². The highest BCUT2D eigenvalue weighted by molar-refractivity contribution is 9.10. The Hall–Kier alpha value is -5.94. The third-order valence-electron chi connectivity index (χ3n) is 28.4. The summed E-state index contributed by atoms with van der Waals surface area (Å²) in [6.45, 7) is 54.8. The lowest BCUT2D eigenvalue weighted by Gasteiger charge is -2.41. The Morgan fingerprint density at radius 1 is 0.433 bits per heavy atom. The van der Waals surface area contributed by atoms with Gasteiger partial charge in [0.1, 0.15) is 34.4 Å². The molecule has 1 N–H and O–H groups in total. The minimum absolute atomic E-state index is 0.152. The fourth-order valence-corrected chi connectivity index (χ4v) is 21.2. The molecule has 4 saturated heterocycles. The fraction of sp³-hybridized carbons (Fsp3) is 0.625. The molecule has 20 nitrogen and oxygen atoms in total. The molecule has 7 fully saturated rings. The van der Waals surface area contributed by atoms with Crippen LogP contribution in [0, 0.1) is 20.8 Å². The Labute approximate surface area is 730 Å². The summed E-state index contributed by atoms with van der Waals surface area (Å²) in [4.78, 5) is 42.8. The lowest BCUT2D eigenvalue weighted by molar-refractivity contribution is 0.00578. The summed E-state index contributed by atoms with van der Waals surface area (Å²) in [6.07, 6.45) is 29.9. The van der Waals surface area contributed by atoms with E-state index in [-0.39, 0.29) is 34.5 Å². The number of hydrogen-bond donors (Lipinski definition) is 1. The minimum atomic E-state index is -1.74. The van der Waals surface area contributed by atoms with Crippen LogP contribution in [0.5, 0.6) is 0 Å². The second-order valence-electron chi connectivity index (χ2n) is 40.4. The van der Waals surface area contributed by atoms with Crippen LogP contribution in [0.4, 0.5) is 0 Å². The molecular formula is C96H145BBrN15O5Si2. The maximum absolute atomic E-state index is 9.95. The summed E-state index contributed by atoms with van der Waals surface area (Å²) in [6, 6.07) is 28.4. The molecule has 24 heteroatoms. The summed E-state index contributed by atoms with van der Waals surface area (Å²) >= 11 is 3.66. The van der Waals surface area contributed by atoms with Crippen LogP contribution >= 0.6 is 15.9 Å². The van der Waals surface area contributed by atoms with Crippen molar-refractivity contribution in [3.63, 3.8) is 0 Å².